The van der Waals surface area contributed by atoms with Crippen molar-refractivity contribution in [3.63, 3.8) is 0 Å². The predicted octanol–water partition coefficient (Wildman–Crippen LogP) is 4.59. The molecule has 4 heteroatoms. The zero-order valence-electron chi connectivity index (χ0n) is 11.7. The lowest BCUT2D eigenvalue weighted by molar-refractivity contribution is 0.590. The molecule has 0 bridgehead atoms. The minimum absolute atomic E-state index is 0.194. The van der Waals surface area contributed by atoms with Gasteiger partial charge in [-0.05, 0) is 34.0 Å². The van der Waals surface area contributed by atoms with Crippen molar-refractivity contribution < 1.29 is 0 Å². The molecule has 0 aliphatic heterocycles. The molecule has 0 spiro atoms. The average molecular weight is 339 g/mol. The van der Waals surface area contributed by atoms with Crippen molar-refractivity contribution in [3.05, 3.63) is 39.3 Å². The Hall–Kier alpha value is -0.710. The van der Waals surface area contributed by atoms with Gasteiger partial charge in [0.15, 0.2) is 0 Å². The molecule has 1 aromatic heterocycles. The molecule has 0 aliphatic carbocycles. The zero-order valence-corrected chi connectivity index (χ0v) is 14.2. The Kier molecular flexibility index (Phi) is 4.43. The Morgan fingerprint density at radius 3 is 2.37 bits per heavy atom. The third-order valence-electron chi connectivity index (χ3n) is 2.98. The van der Waals surface area contributed by atoms with Crippen LogP contribution in [0.2, 0.25) is 0 Å². The summed E-state index contributed by atoms with van der Waals surface area (Å²) in [5.41, 5.74) is 2.72. The number of hydrogen-bond donors (Lipinski definition) is 1. The van der Waals surface area contributed by atoms with Crippen LogP contribution < -0.4 is 5.32 Å². The number of benzene rings is 1. The summed E-state index contributed by atoms with van der Waals surface area (Å²) in [5.74, 6) is 0. The Morgan fingerprint density at radius 2 is 1.84 bits per heavy atom. The fourth-order valence-corrected chi connectivity index (χ4v) is 3.49. The molecule has 1 N–H and O–H groups in total. The van der Waals surface area contributed by atoms with Gasteiger partial charge in [-0.25, -0.2) is 4.98 Å². The van der Waals surface area contributed by atoms with Crippen LogP contribution in [0.4, 0.5) is 0 Å². The van der Waals surface area contributed by atoms with Crippen LogP contribution in [0.15, 0.2) is 28.9 Å². The summed E-state index contributed by atoms with van der Waals surface area (Å²) in [7, 11) is 1.95. The van der Waals surface area contributed by atoms with Gasteiger partial charge < -0.3 is 5.32 Å². The second kappa shape index (κ2) is 5.73. The van der Waals surface area contributed by atoms with Crippen LogP contribution in [0.3, 0.4) is 0 Å². The summed E-state index contributed by atoms with van der Waals surface area (Å²) < 4.78 is 0.946. The normalized spacial score (nSPS) is 11.8. The van der Waals surface area contributed by atoms with E-state index in [1.165, 1.54) is 16.0 Å². The van der Waals surface area contributed by atoms with E-state index in [-0.39, 0.29) is 5.41 Å². The lowest BCUT2D eigenvalue weighted by atomic mass is 9.87. The fraction of sp³-hybridized carbons (Fsp3) is 0.400. The second-order valence-corrected chi connectivity index (χ2v) is 7.43. The fourth-order valence-electron chi connectivity index (χ4n) is 1.84. The third kappa shape index (κ3) is 3.44. The monoisotopic (exact) mass is 338 g/mol. The van der Waals surface area contributed by atoms with Gasteiger partial charge in [0.2, 0.25) is 0 Å². The largest absolute Gasteiger partial charge is 0.315 e. The Bertz CT molecular complexity index is 553. The van der Waals surface area contributed by atoms with Crippen molar-refractivity contribution in [1.82, 2.24) is 10.3 Å². The number of hydrogen-bond acceptors (Lipinski definition) is 3. The van der Waals surface area contributed by atoms with Gasteiger partial charge in [0.25, 0.3) is 0 Å². The van der Waals surface area contributed by atoms with Gasteiger partial charge in [-0.3, -0.25) is 0 Å². The summed E-state index contributed by atoms with van der Waals surface area (Å²) in [4.78, 5) is 5.82. The van der Waals surface area contributed by atoms with Gasteiger partial charge in [-0.15, -0.1) is 11.3 Å². The van der Waals surface area contributed by atoms with E-state index in [1.54, 1.807) is 11.3 Å². The number of rotatable bonds is 3. The van der Waals surface area contributed by atoms with Crippen LogP contribution in [-0.4, -0.2) is 12.0 Å². The van der Waals surface area contributed by atoms with E-state index in [0.717, 1.165) is 16.2 Å². The number of aromatic nitrogens is 1. The van der Waals surface area contributed by atoms with E-state index in [0.29, 0.717) is 0 Å². The number of halogens is 1. The second-order valence-electron chi connectivity index (χ2n) is 5.59. The smallest absolute Gasteiger partial charge is 0.124 e. The first-order valence-electron chi connectivity index (χ1n) is 6.32. The van der Waals surface area contributed by atoms with Gasteiger partial charge in [0.1, 0.15) is 9.61 Å². The minimum atomic E-state index is 0.194. The first kappa shape index (κ1) is 14.7. The van der Waals surface area contributed by atoms with E-state index >= 15 is 0 Å². The molecule has 0 saturated carbocycles. The zero-order chi connectivity index (χ0) is 14.0. The molecule has 0 amide bonds. The van der Waals surface area contributed by atoms with Crippen LogP contribution in [0.5, 0.6) is 0 Å². The first-order valence-corrected chi connectivity index (χ1v) is 7.93. The van der Waals surface area contributed by atoms with E-state index in [1.807, 2.05) is 7.05 Å². The van der Waals surface area contributed by atoms with Gasteiger partial charge in [0, 0.05) is 12.1 Å². The number of thiazole rings is 1. The SMILES string of the molecule is CNCc1sc(-c2ccc(C(C)(C)C)cc2)nc1Br. The molecule has 0 fully saturated rings. The molecule has 0 aliphatic rings. The van der Waals surface area contributed by atoms with Crippen LogP contribution >= 0.6 is 27.3 Å². The van der Waals surface area contributed by atoms with E-state index < -0.39 is 0 Å². The van der Waals surface area contributed by atoms with Crippen LogP contribution in [-0.2, 0) is 12.0 Å². The summed E-state index contributed by atoms with van der Waals surface area (Å²) in [6.07, 6.45) is 0. The van der Waals surface area contributed by atoms with Gasteiger partial charge in [-0.1, -0.05) is 45.0 Å². The lowest BCUT2D eigenvalue weighted by Gasteiger charge is -2.18. The molecule has 2 rings (SSSR count). The summed E-state index contributed by atoms with van der Waals surface area (Å²) in [6.45, 7) is 7.53. The maximum Gasteiger partial charge on any atom is 0.124 e. The molecule has 0 atom stereocenters. The molecular formula is C15H19BrN2S. The maximum atomic E-state index is 4.59. The quantitative estimate of drug-likeness (QED) is 0.885. The molecule has 102 valence electrons. The van der Waals surface area contributed by atoms with E-state index in [4.69, 9.17) is 0 Å². The highest BCUT2D eigenvalue weighted by atomic mass is 79.9. The van der Waals surface area contributed by atoms with Crippen LogP contribution in [0.1, 0.15) is 31.2 Å². The van der Waals surface area contributed by atoms with Crippen molar-refractivity contribution >= 4 is 27.3 Å². The first-order chi connectivity index (χ1) is 8.91. The minimum Gasteiger partial charge on any atom is -0.315 e. The van der Waals surface area contributed by atoms with Crippen LogP contribution in [0, 0.1) is 0 Å². The van der Waals surface area contributed by atoms with E-state index in [9.17, 15) is 0 Å². The maximum absolute atomic E-state index is 4.59. The highest BCUT2D eigenvalue weighted by molar-refractivity contribution is 9.10. The Labute approximate surface area is 127 Å². The van der Waals surface area contributed by atoms with Crippen LogP contribution in [0.25, 0.3) is 10.6 Å². The van der Waals surface area contributed by atoms with Gasteiger partial charge in [-0.2, -0.15) is 0 Å². The molecule has 2 aromatic rings. The van der Waals surface area contributed by atoms with Gasteiger partial charge >= 0.3 is 0 Å². The number of nitrogens with zero attached hydrogens (tertiary/aromatic N) is 1. The highest BCUT2D eigenvalue weighted by Crippen LogP contribution is 2.32. The summed E-state index contributed by atoms with van der Waals surface area (Å²) >= 11 is 5.25. The standard InChI is InChI=1S/C15H19BrN2S/c1-15(2,3)11-7-5-10(6-8-11)14-18-13(16)12(19-14)9-17-4/h5-8,17H,9H2,1-4H3. The molecule has 0 radical (unpaired) electrons. The molecular weight excluding hydrogens is 320 g/mol. The van der Waals surface area contributed by atoms with Crippen molar-refractivity contribution in [2.75, 3.05) is 7.05 Å². The van der Waals surface area contributed by atoms with Gasteiger partial charge in [0.05, 0.1) is 4.88 Å². The topological polar surface area (TPSA) is 24.9 Å². The molecule has 19 heavy (non-hydrogen) atoms. The van der Waals surface area contributed by atoms with Crippen molar-refractivity contribution in [2.45, 2.75) is 32.7 Å². The molecule has 0 unspecified atom stereocenters. The van der Waals surface area contributed by atoms with Crippen molar-refractivity contribution in [3.8, 4) is 10.6 Å². The highest BCUT2D eigenvalue weighted by Gasteiger charge is 2.14. The predicted molar refractivity (Wildman–Crippen MR) is 86.7 cm³/mol. The Balaban J connectivity index is 2.30. The lowest BCUT2D eigenvalue weighted by Crippen LogP contribution is -2.10. The summed E-state index contributed by atoms with van der Waals surface area (Å²) in [6, 6.07) is 8.72. The Morgan fingerprint density at radius 1 is 1.21 bits per heavy atom. The van der Waals surface area contributed by atoms with Crippen molar-refractivity contribution in [2.24, 2.45) is 0 Å². The number of nitrogens with one attached hydrogen (secondary N) is 1. The van der Waals surface area contributed by atoms with Crippen molar-refractivity contribution in [1.29, 1.82) is 0 Å². The molecule has 1 aromatic carbocycles. The van der Waals surface area contributed by atoms with E-state index in [2.05, 4.69) is 71.3 Å². The third-order valence-corrected chi connectivity index (χ3v) is 5.01. The average Bonchev–Trinajstić information content (AvgIpc) is 2.71. The summed E-state index contributed by atoms with van der Waals surface area (Å²) in [5, 5.41) is 4.23. The molecule has 0 saturated heterocycles. The molecule has 1 heterocycles. The molecule has 2 nitrogen and oxygen atoms in total.